The lowest BCUT2D eigenvalue weighted by Crippen LogP contribution is -2.59. The quantitative estimate of drug-likeness (QED) is 0.783. The molecule has 5 nitrogen and oxygen atoms in total. The zero-order valence-electron chi connectivity index (χ0n) is 17.6. The van der Waals surface area contributed by atoms with Gasteiger partial charge in [-0.2, -0.15) is 0 Å². The molecule has 2 amide bonds. The minimum absolute atomic E-state index is 0.0107. The Morgan fingerprint density at radius 1 is 1.00 bits per heavy atom. The highest BCUT2D eigenvalue weighted by Gasteiger charge is 2.38. The van der Waals surface area contributed by atoms with Crippen molar-refractivity contribution in [3.63, 3.8) is 0 Å². The van der Waals surface area contributed by atoms with E-state index in [1.165, 1.54) is 12.1 Å². The van der Waals surface area contributed by atoms with E-state index >= 15 is 0 Å². The second-order valence-corrected chi connectivity index (χ2v) is 8.34. The molecular formula is C24H28FN3O2. The molecule has 1 unspecified atom stereocenters. The van der Waals surface area contributed by atoms with Crippen molar-refractivity contribution in [3.8, 4) is 0 Å². The predicted octanol–water partition coefficient (Wildman–Crippen LogP) is 3.00. The fraction of sp³-hybridized carbons (Fsp3) is 0.417. The Morgan fingerprint density at radius 3 is 2.50 bits per heavy atom. The van der Waals surface area contributed by atoms with Crippen LogP contribution in [0.4, 0.5) is 4.39 Å². The maximum atomic E-state index is 13.3. The number of piperazine rings is 1. The van der Waals surface area contributed by atoms with Crippen LogP contribution >= 0.6 is 0 Å². The van der Waals surface area contributed by atoms with Crippen LogP contribution in [0, 0.1) is 19.7 Å². The number of fused-ring (bicyclic) bond motifs is 1. The van der Waals surface area contributed by atoms with Gasteiger partial charge in [-0.3, -0.25) is 14.5 Å². The first-order valence-corrected chi connectivity index (χ1v) is 10.6. The topological polar surface area (TPSA) is 43.9 Å². The molecule has 0 spiro atoms. The first kappa shape index (κ1) is 20.5. The molecule has 0 N–H and O–H groups in total. The Bertz CT molecular complexity index is 944. The number of amides is 2. The molecule has 2 saturated heterocycles. The van der Waals surface area contributed by atoms with E-state index in [1.807, 2.05) is 41.8 Å². The van der Waals surface area contributed by atoms with Gasteiger partial charge < -0.3 is 9.80 Å². The lowest BCUT2D eigenvalue weighted by Gasteiger charge is -2.40. The second-order valence-electron chi connectivity index (χ2n) is 8.34. The minimum atomic E-state index is -0.322. The van der Waals surface area contributed by atoms with Crippen LogP contribution in [-0.2, 0) is 11.3 Å². The van der Waals surface area contributed by atoms with E-state index in [2.05, 4.69) is 4.90 Å². The highest BCUT2D eigenvalue weighted by atomic mass is 19.1. The van der Waals surface area contributed by atoms with E-state index in [4.69, 9.17) is 0 Å². The average molecular weight is 410 g/mol. The summed E-state index contributed by atoms with van der Waals surface area (Å²) in [7, 11) is 0. The maximum Gasteiger partial charge on any atom is 0.253 e. The summed E-state index contributed by atoms with van der Waals surface area (Å²) in [5, 5.41) is 0. The summed E-state index contributed by atoms with van der Waals surface area (Å²) < 4.78 is 13.2. The van der Waals surface area contributed by atoms with Crippen LogP contribution in [-0.4, -0.2) is 65.3 Å². The van der Waals surface area contributed by atoms with E-state index in [-0.39, 0.29) is 23.7 Å². The largest absolute Gasteiger partial charge is 0.336 e. The van der Waals surface area contributed by atoms with E-state index in [1.54, 1.807) is 12.1 Å². The van der Waals surface area contributed by atoms with Gasteiger partial charge in [0.25, 0.3) is 5.91 Å². The molecule has 0 saturated carbocycles. The monoisotopic (exact) mass is 409 g/mol. The van der Waals surface area contributed by atoms with Crippen molar-refractivity contribution < 1.29 is 14.0 Å². The summed E-state index contributed by atoms with van der Waals surface area (Å²) in [6, 6.07) is 11.7. The van der Waals surface area contributed by atoms with Crippen LogP contribution < -0.4 is 0 Å². The fourth-order valence-corrected chi connectivity index (χ4v) is 4.32. The third kappa shape index (κ3) is 4.24. The van der Waals surface area contributed by atoms with Crippen molar-refractivity contribution in [2.24, 2.45) is 0 Å². The number of aryl methyl sites for hydroxylation is 2. The van der Waals surface area contributed by atoms with E-state index in [0.717, 1.165) is 36.2 Å². The van der Waals surface area contributed by atoms with Gasteiger partial charge in [0, 0.05) is 44.8 Å². The van der Waals surface area contributed by atoms with Crippen molar-refractivity contribution in [1.82, 2.24) is 14.7 Å². The molecule has 0 aromatic heterocycles. The van der Waals surface area contributed by atoms with Crippen LogP contribution in [0.1, 0.15) is 33.5 Å². The fourth-order valence-electron chi connectivity index (χ4n) is 4.32. The number of halogens is 1. The lowest BCUT2D eigenvalue weighted by atomic mass is 10.0. The molecule has 4 rings (SSSR count). The molecule has 30 heavy (non-hydrogen) atoms. The summed E-state index contributed by atoms with van der Waals surface area (Å²) in [6.07, 6.45) is 0.859. The molecule has 6 heteroatoms. The smallest absolute Gasteiger partial charge is 0.253 e. The molecule has 0 aliphatic carbocycles. The van der Waals surface area contributed by atoms with Crippen molar-refractivity contribution >= 4 is 11.8 Å². The van der Waals surface area contributed by atoms with Gasteiger partial charge >= 0.3 is 0 Å². The van der Waals surface area contributed by atoms with Gasteiger partial charge in [-0.05, 0) is 61.2 Å². The van der Waals surface area contributed by atoms with Gasteiger partial charge in [0.1, 0.15) is 11.9 Å². The molecule has 1 atom stereocenters. The van der Waals surface area contributed by atoms with Gasteiger partial charge in [0.15, 0.2) is 0 Å². The van der Waals surface area contributed by atoms with Crippen molar-refractivity contribution in [2.45, 2.75) is 32.9 Å². The molecule has 158 valence electrons. The standard InChI is InChI=1S/C24H28FN3O2/c1-17-4-7-20(14-18(17)2)23(29)27-11-3-10-26-12-13-28(24(30)22(26)16-27)15-19-5-8-21(25)9-6-19/h4-9,14,22H,3,10-13,15-16H2,1-2H3. The summed E-state index contributed by atoms with van der Waals surface area (Å²) in [4.78, 5) is 32.3. The zero-order chi connectivity index (χ0) is 21.3. The second kappa shape index (κ2) is 8.56. The average Bonchev–Trinajstić information content (AvgIpc) is 2.96. The van der Waals surface area contributed by atoms with Crippen LogP contribution in [0.15, 0.2) is 42.5 Å². The van der Waals surface area contributed by atoms with Gasteiger partial charge in [0.05, 0.1) is 0 Å². The van der Waals surface area contributed by atoms with Crippen LogP contribution in [0.2, 0.25) is 0 Å². The molecule has 2 aliphatic heterocycles. The molecule has 2 aromatic rings. The van der Waals surface area contributed by atoms with E-state index in [9.17, 15) is 14.0 Å². The van der Waals surface area contributed by atoms with Crippen molar-refractivity contribution in [1.29, 1.82) is 0 Å². The highest BCUT2D eigenvalue weighted by molar-refractivity contribution is 5.95. The van der Waals surface area contributed by atoms with Crippen LogP contribution in [0.25, 0.3) is 0 Å². The van der Waals surface area contributed by atoms with E-state index < -0.39 is 0 Å². The van der Waals surface area contributed by atoms with Crippen molar-refractivity contribution in [3.05, 3.63) is 70.5 Å². The Labute approximate surface area is 177 Å². The third-order valence-electron chi connectivity index (χ3n) is 6.29. The number of benzene rings is 2. The highest BCUT2D eigenvalue weighted by Crippen LogP contribution is 2.21. The number of carbonyl (C=O) groups excluding carboxylic acids is 2. The third-order valence-corrected chi connectivity index (χ3v) is 6.29. The normalized spacial score (nSPS) is 20.1. The Balaban J connectivity index is 1.49. The van der Waals surface area contributed by atoms with Gasteiger partial charge in [-0.25, -0.2) is 4.39 Å². The number of rotatable bonds is 3. The molecule has 2 aliphatic rings. The van der Waals surface area contributed by atoms with Gasteiger partial charge in [-0.1, -0.05) is 18.2 Å². The first-order chi connectivity index (χ1) is 14.4. The van der Waals surface area contributed by atoms with E-state index in [0.29, 0.717) is 31.7 Å². The van der Waals surface area contributed by atoms with Crippen LogP contribution in [0.3, 0.4) is 0 Å². The summed E-state index contributed by atoms with van der Waals surface area (Å²) in [6.45, 7) is 7.83. The molecule has 0 radical (unpaired) electrons. The SMILES string of the molecule is Cc1ccc(C(=O)N2CCCN3CCN(Cc4ccc(F)cc4)C(=O)C3C2)cc1C. The Kier molecular flexibility index (Phi) is 5.86. The van der Waals surface area contributed by atoms with Crippen LogP contribution in [0.5, 0.6) is 0 Å². The predicted molar refractivity (Wildman–Crippen MR) is 114 cm³/mol. The Morgan fingerprint density at radius 2 is 1.77 bits per heavy atom. The molecule has 2 fully saturated rings. The number of hydrogen-bond acceptors (Lipinski definition) is 3. The Hall–Kier alpha value is -2.73. The number of carbonyl (C=O) groups is 2. The molecule has 2 heterocycles. The lowest BCUT2D eigenvalue weighted by molar-refractivity contribution is -0.142. The van der Waals surface area contributed by atoms with Gasteiger partial charge in [-0.15, -0.1) is 0 Å². The molecule has 2 aromatic carbocycles. The number of hydrogen-bond donors (Lipinski definition) is 0. The zero-order valence-corrected chi connectivity index (χ0v) is 17.6. The summed E-state index contributed by atoms with van der Waals surface area (Å²) in [5.74, 6) is -0.243. The summed E-state index contributed by atoms with van der Waals surface area (Å²) >= 11 is 0. The maximum absolute atomic E-state index is 13.3. The summed E-state index contributed by atoms with van der Waals surface area (Å²) in [5.41, 5.74) is 3.84. The molecular weight excluding hydrogens is 381 g/mol. The van der Waals surface area contributed by atoms with Gasteiger partial charge in [0.2, 0.25) is 5.91 Å². The minimum Gasteiger partial charge on any atom is -0.336 e. The first-order valence-electron chi connectivity index (χ1n) is 10.6. The molecule has 0 bridgehead atoms. The number of nitrogens with zero attached hydrogens (tertiary/aromatic N) is 3. The van der Waals surface area contributed by atoms with Crippen molar-refractivity contribution in [2.75, 3.05) is 32.7 Å².